The van der Waals surface area contributed by atoms with E-state index in [9.17, 15) is 4.79 Å². The Morgan fingerprint density at radius 1 is 1.56 bits per heavy atom. The van der Waals surface area contributed by atoms with Gasteiger partial charge in [0, 0.05) is 6.42 Å². The summed E-state index contributed by atoms with van der Waals surface area (Å²) in [6.07, 6.45) is 1.56. The first kappa shape index (κ1) is 12.3. The second-order valence-corrected chi connectivity index (χ2v) is 3.86. The van der Waals surface area contributed by atoms with E-state index in [-0.39, 0.29) is 0 Å². The van der Waals surface area contributed by atoms with Crippen LogP contribution in [0.15, 0.2) is 24.3 Å². The van der Waals surface area contributed by atoms with Crippen molar-refractivity contribution in [1.29, 1.82) is 5.26 Å². The molecule has 0 spiro atoms. The molecule has 0 amide bonds. The van der Waals surface area contributed by atoms with Gasteiger partial charge in [0.05, 0.1) is 12.0 Å². The molecule has 0 saturated carbocycles. The summed E-state index contributed by atoms with van der Waals surface area (Å²) in [4.78, 5) is 11.1. The molecule has 0 bridgehead atoms. The summed E-state index contributed by atoms with van der Waals surface area (Å²) >= 11 is 0. The Kier molecular flexibility index (Phi) is 4.53. The molecule has 3 nitrogen and oxygen atoms in total. The van der Waals surface area contributed by atoms with Crippen molar-refractivity contribution in [3.8, 4) is 6.07 Å². The molecule has 16 heavy (non-hydrogen) atoms. The van der Waals surface area contributed by atoms with Crippen molar-refractivity contribution in [3.05, 3.63) is 35.4 Å². The minimum absolute atomic E-state index is 0.412. The molecule has 0 aromatic heterocycles. The molecule has 1 unspecified atom stereocenters. The molecule has 0 heterocycles. The summed E-state index contributed by atoms with van der Waals surface area (Å²) in [6.45, 7) is 1.94. The highest BCUT2D eigenvalue weighted by Gasteiger charge is 2.18. The van der Waals surface area contributed by atoms with Gasteiger partial charge in [-0.15, -0.1) is 0 Å². The summed E-state index contributed by atoms with van der Waals surface area (Å²) in [5, 5.41) is 17.6. The fourth-order valence-corrected chi connectivity index (χ4v) is 1.70. The van der Waals surface area contributed by atoms with E-state index in [1.165, 1.54) is 0 Å². The lowest BCUT2D eigenvalue weighted by molar-refractivity contribution is -0.139. The number of rotatable bonds is 5. The summed E-state index contributed by atoms with van der Waals surface area (Å²) in [5.41, 5.74) is 1.88. The highest BCUT2D eigenvalue weighted by Crippen LogP contribution is 2.23. The predicted molar refractivity (Wildman–Crippen MR) is 61.0 cm³/mol. The van der Waals surface area contributed by atoms with Crippen molar-refractivity contribution in [3.63, 3.8) is 0 Å². The molecule has 1 atom stereocenters. The van der Waals surface area contributed by atoms with Crippen LogP contribution in [-0.4, -0.2) is 11.1 Å². The number of hydrogen-bond donors (Lipinski definition) is 1. The van der Waals surface area contributed by atoms with Gasteiger partial charge in [-0.25, -0.2) is 0 Å². The van der Waals surface area contributed by atoms with Gasteiger partial charge < -0.3 is 5.11 Å². The molecule has 3 heteroatoms. The average molecular weight is 217 g/mol. The Morgan fingerprint density at radius 2 is 2.31 bits per heavy atom. The number of hydrogen-bond acceptors (Lipinski definition) is 2. The summed E-state index contributed by atoms with van der Waals surface area (Å²) in [7, 11) is 0. The summed E-state index contributed by atoms with van der Waals surface area (Å²) < 4.78 is 0. The van der Waals surface area contributed by atoms with E-state index in [2.05, 4.69) is 0 Å². The smallest absolute Gasteiger partial charge is 0.310 e. The quantitative estimate of drug-likeness (QED) is 0.771. The summed E-state index contributed by atoms with van der Waals surface area (Å²) in [5.74, 6) is -1.31. The molecule has 1 aromatic rings. The van der Waals surface area contributed by atoms with Gasteiger partial charge in [-0.3, -0.25) is 4.79 Å². The molecule has 1 aromatic carbocycles. The van der Waals surface area contributed by atoms with Crippen molar-refractivity contribution in [1.82, 2.24) is 0 Å². The van der Waals surface area contributed by atoms with E-state index < -0.39 is 11.9 Å². The number of carboxylic acid groups (broad SMARTS) is 1. The second-order valence-electron chi connectivity index (χ2n) is 3.86. The van der Waals surface area contributed by atoms with Crippen LogP contribution in [0.4, 0.5) is 0 Å². The first-order valence-corrected chi connectivity index (χ1v) is 5.31. The van der Waals surface area contributed by atoms with Crippen LogP contribution in [0, 0.1) is 18.3 Å². The molecular weight excluding hydrogens is 202 g/mol. The predicted octanol–water partition coefficient (Wildman–Crippen LogP) is 2.86. The molecule has 0 aliphatic carbocycles. The van der Waals surface area contributed by atoms with E-state index in [1.807, 2.05) is 37.3 Å². The van der Waals surface area contributed by atoms with E-state index in [0.717, 1.165) is 11.1 Å². The standard InChI is InChI=1S/C13H15NO2/c1-10-5-4-6-11(9-10)12(13(15)16)7-2-3-8-14/h4-6,9,12H,2-3,7H2,1H3,(H,15,16). The maximum Gasteiger partial charge on any atom is 0.310 e. The maximum atomic E-state index is 11.1. The molecule has 0 saturated heterocycles. The van der Waals surface area contributed by atoms with Crippen LogP contribution in [0.2, 0.25) is 0 Å². The molecule has 0 aliphatic heterocycles. The third kappa shape index (κ3) is 3.39. The van der Waals surface area contributed by atoms with Gasteiger partial charge in [0.2, 0.25) is 0 Å². The Hall–Kier alpha value is -1.82. The number of aryl methyl sites for hydroxylation is 1. The third-order valence-corrected chi connectivity index (χ3v) is 2.52. The first-order chi connectivity index (χ1) is 7.65. The highest BCUT2D eigenvalue weighted by atomic mass is 16.4. The fraction of sp³-hybridized carbons (Fsp3) is 0.385. The lowest BCUT2D eigenvalue weighted by Gasteiger charge is -2.12. The number of unbranched alkanes of at least 4 members (excludes halogenated alkanes) is 1. The zero-order valence-corrected chi connectivity index (χ0v) is 9.31. The van der Waals surface area contributed by atoms with Crippen LogP contribution in [0.5, 0.6) is 0 Å². The van der Waals surface area contributed by atoms with Crippen LogP contribution >= 0.6 is 0 Å². The Labute approximate surface area is 95.3 Å². The topological polar surface area (TPSA) is 61.1 Å². The third-order valence-electron chi connectivity index (χ3n) is 2.52. The number of nitrogens with zero attached hydrogens (tertiary/aromatic N) is 1. The lowest BCUT2D eigenvalue weighted by atomic mass is 9.93. The molecule has 0 radical (unpaired) electrons. The minimum atomic E-state index is -0.816. The summed E-state index contributed by atoms with van der Waals surface area (Å²) in [6, 6.07) is 9.57. The molecule has 0 fully saturated rings. The maximum absolute atomic E-state index is 11.1. The Balaban J connectivity index is 2.78. The Morgan fingerprint density at radius 3 is 2.88 bits per heavy atom. The molecule has 84 valence electrons. The second kappa shape index (κ2) is 5.92. The molecule has 1 N–H and O–H groups in total. The molecule has 0 aliphatic rings. The minimum Gasteiger partial charge on any atom is -0.481 e. The highest BCUT2D eigenvalue weighted by molar-refractivity contribution is 5.76. The van der Waals surface area contributed by atoms with Crippen LogP contribution in [0.25, 0.3) is 0 Å². The normalized spacial score (nSPS) is 11.8. The van der Waals surface area contributed by atoms with Crippen LogP contribution in [0.1, 0.15) is 36.3 Å². The average Bonchev–Trinajstić information content (AvgIpc) is 2.24. The van der Waals surface area contributed by atoms with Gasteiger partial charge in [-0.1, -0.05) is 29.8 Å². The Bertz CT molecular complexity index is 407. The first-order valence-electron chi connectivity index (χ1n) is 5.31. The molecular formula is C13H15NO2. The SMILES string of the molecule is Cc1cccc(C(CCCC#N)C(=O)O)c1. The van der Waals surface area contributed by atoms with Crippen LogP contribution in [0.3, 0.4) is 0 Å². The van der Waals surface area contributed by atoms with Gasteiger partial charge in [-0.2, -0.15) is 5.26 Å². The number of aliphatic carboxylic acids is 1. The van der Waals surface area contributed by atoms with Crippen molar-refractivity contribution in [2.24, 2.45) is 0 Å². The van der Waals surface area contributed by atoms with Crippen LogP contribution in [-0.2, 0) is 4.79 Å². The van der Waals surface area contributed by atoms with Crippen molar-refractivity contribution in [2.75, 3.05) is 0 Å². The van der Waals surface area contributed by atoms with E-state index in [0.29, 0.717) is 19.3 Å². The van der Waals surface area contributed by atoms with Crippen LogP contribution < -0.4 is 0 Å². The van der Waals surface area contributed by atoms with Crippen molar-refractivity contribution >= 4 is 5.97 Å². The van der Waals surface area contributed by atoms with E-state index in [4.69, 9.17) is 10.4 Å². The monoisotopic (exact) mass is 217 g/mol. The van der Waals surface area contributed by atoms with Gasteiger partial charge in [0.25, 0.3) is 0 Å². The zero-order valence-electron chi connectivity index (χ0n) is 9.31. The van der Waals surface area contributed by atoms with E-state index in [1.54, 1.807) is 0 Å². The number of carbonyl (C=O) groups is 1. The number of benzene rings is 1. The fourth-order valence-electron chi connectivity index (χ4n) is 1.70. The number of carboxylic acids is 1. The van der Waals surface area contributed by atoms with Gasteiger partial charge in [0.15, 0.2) is 0 Å². The van der Waals surface area contributed by atoms with Crippen molar-refractivity contribution < 1.29 is 9.90 Å². The lowest BCUT2D eigenvalue weighted by Crippen LogP contribution is -2.11. The van der Waals surface area contributed by atoms with Gasteiger partial charge >= 0.3 is 5.97 Å². The number of nitriles is 1. The zero-order chi connectivity index (χ0) is 12.0. The van der Waals surface area contributed by atoms with Gasteiger partial charge in [0.1, 0.15) is 0 Å². The largest absolute Gasteiger partial charge is 0.481 e. The molecule has 1 rings (SSSR count). The van der Waals surface area contributed by atoms with Gasteiger partial charge in [-0.05, 0) is 25.3 Å². The van der Waals surface area contributed by atoms with E-state index >= 15 is 0 Å². The van der Waals surface area contributed by atoms with Crippen molar-refractivity contribution in [2.45, 2.75) is 32.1 Å².